The van der Waals surface area contributed by atoms with Gasteiger partial charge in [0.1, 0.15) is 5.75 Å². The number of anilines is 1. The summed E-state index contributed by atoms with van der Waals surface area (Å²) in [5.74, 6) is -0.124. The maximum atomic E-state index is 12.3. The smallest absolute Gasteiger partial charge is 0.259 e. The van der Waals surface area contributed by atoms with Crippen molar-refractivity contribution < 1.29 is 14.3 Å². The largest absolute Gasteiger partial charge is 0.483 e. The van der Waals surface area contributed by atoms with Gasteiger partial charge < -0.3 is 15.4 Å². The van der Waals surface area contributed by atoms with Gasteiger partial charge in [-0.3, -0.25) is 9.59 Å². The molecule has 0 atom stereocenters. The predicted octanol–water partition coefficient (Wildman–Crippen LogP) is 2.45. The molecular weight excluding hydrogens is 280 g/mol. The molecule has 0 radical (unpaired) electrons. The van der Waals surface area contributed by atoms with Gasteiger partial charge in [-0.2, -0.15) is 0 Å². The molecular formula is C17H18N2O3. The van der Waals surface area contributed by atoms with E-state index in [1.54, 1.807) is 36.4 Å². The molecule has 0 spiro atoms. The summed E-state index contributed by atoms with van der Waals surface area (Å²) in [6.07, 6.45) is 0. The van der Waals surface area contributed by atoms with Crippen molar-refractivity contribution in [1.29, 1.82) is 0 Å². The second kappa shape index (κ2) is 7.83. The van der Waals surface area contributed by atoms with E-state index in [1.165, 1.54) is 0 Å². The quantitative estimate of drug-likeness (QED) is 0.861. The van der Waals surface area contributed by atoms with Gasteiger partial charge in [0.15, 0.2) is 6.61 Å². The minimum Gasteiger partial charge on any atom is -0.483 e. The Labute approximate surface area is 129 Å². The first-order valence-corrected chi connectivity index (χ1v) is 7.05. The number of amides is 2. The van der Waals surface area contributed by atoms with E-state index in [2.05, 4.69) is 10.6 Å². The second-order valence-electron chi connectivity index (χ2n) is 4.56. The fourth-order valence-electron chi connectivity index (χ4n) is 1.89. The standard InChI is InChI=1S/C17H18N2O3/c1-2-18-16(20)12-22-15-11-7-6-10-14(15)17(21)19-13-8-4-3-5-9-13/h3-11H,2,12H2,1H3,(H,18,20)(H,19,21). The third kappa shape index (κ3) is 4.34. The minimum absolute atomic E-state index is 0.122. The van der Waals surface area contributed by atoms with E-state index in [1.807, 2.05) is 25.1 Å². The Morgan fingerprint density at radius 2 is 1.68 bits per heavy atom. The lowest BCUT2D eigenvalue weighted by Crippen LogP contribution is -2.28. The maximum Gasteiger partial charge on any atom is 0.259 e. The molecule has 0 unspecified atom stereocenters. The average Bonchev–Trinajstić information content (AvgIpc) is 2.54. The fraction of sp³-hybridized carbons (Fsp3) is 0.176. The molecule has 2 N–H and O–H groups in total. The van der Waals surface area contributed by atoms with Crippen molar-refractivity contribution in [1.82, 2.24) is 5.32 Å². The van der Waals surface area contributed by atoms with Gasteiger partial charge in [-0.05, 0) is 31.2 Å². The van der Waals surface area contributed by atoms with Crippen molar-refractivity contribution >= 4 is 17.5 Å². The second-order valence-corrected chi connectivity index (χ2v) is 4.56. The lowest BCUT2D eigenvalue weighted by molar-refractivity contribution is -0.122. The van der Waals surface area contributed by atoms with Crippen LogP contribution >= 0.6 is 0 Å². The molecule has 0 heterocycles. The zero-order chi connectivity index (χ0) is 15.8. The molecule has 0 saturated carbocycles. The number of carbonyl (C=O) groups excluding carboxylic acids is 2. The van der Waals surface area contributed by atoms with Crippen molar-refractivity contribution in [2.45, 2.75) is 6.92 Å². The van der Waals surface area contributed by atoms with Crippen LogP contribution in [0.1, 0.15) is 17.3 Å². The van der Waals surface area contributed by atoms with E-state index in [9.17, 15) is 9.59 Å². The number of likely N-dealkylation sites (N-methyl/N-ethyl adjacent to an activating group) is 1. The van der Waals surface area contributed by atoms with Gasteiger partial charge in [-0.25, -0.2) is 0 Å². The Kier molecular flexibility index (Phi) is 5.54. The monoisotopic (exact) mass is 298 g/mol. The highest BCUT2D eigenvalue weighted by molar-refractivity contribution is 6.06. The number of hydrogen-bond acceptors (Lipinski definition) is 3. The molecule has 0 aliphatic rings. The molecule has 22 heavy (non-hydrogen) atoms. The maximum absolute atomic E-state index is 12.3. The first kappa shape index (κ1) is 15.6. The third-order valence-corrected chi connectivity index (χ3v) is 2.90. The van der Waals surface area contributed by atoms with E-state index >= 15 is 0 Å². The number of benzene rings is 2. The SMILES string of the molecule is CCNC(=O)COc1ccccc1C(=O)Nc1ccccc1. The average molecular weight is 298 g/mol. The van der Waals surface area contributed by atoms with Crippen LogP contribution in [-0.4, -0.2) is 25.0 Å². The Hall–Kier alpha value is -2.82. The van der Waals surface area contributed by atoms with E-state index in [0.29, 0.717) is 23.5 Å². The fourth-order valence-corrected chi connectivity index (χ4v) is 1.89. The summed E-state index contributed by atoms with van der Waals surface area (Å²) in [5, 5.41) is 5.43. The minimum atomic E-state index is -0.280. The molecule has 2 aromatic carbocycles. The molecule has 0 fully saturated rings. The molecule has 0 bridgehead atoms. The summed E-state index contributed by atoms with van der Waals surface area (Å²) in [6.45, 7) is 2.25. The normalized spacial score (nSPS) is 9.86. The molecule has 114 valence electrons. The van der Waals surface area contributed by atoms with E-state index in [0.717, 1.165) is 0 Å². The van der Waals surface area contributed by atoms with E-state index in [-0.39, 0.29) is 18.4 Å². The third-order valence-electron chi connectivity index (χ3n) is 2.90. The summed E-state index contributed by atoms with van der Waals surface area (Å²) in [5.41, 5.74) is 1.08. The topological polar surface area (TPSA) is 67.4 Å². The predicted molar refractivity (Wildman–Crippen MR) is 85.0 cm³/mol. The van der Waals surface area contributed by atoms with Crippen LogP contribution in [0.4, 0.5) is 5.69 Å². The van der Waals surface area contributed by atoms with Gasteiger partial charge >= 0.3 is 0 Å². The van der Waals surface area contributed by atoms with Gasteiger partial charge in [-0.15, -0.1) is 0 Å². The number of nitrogens with one attached hydrogen (secondary N) is 2. The molecule has 0 saturated heterocycles. The van der Waals surface area contributed by atoms with E-state index < -0.39 is 0 Å². The highest BCUT2D eigenvalue weighted by atomic mass is 16.5. The first-order chi connectivity index (χ1) is 10.7. The molecule has 2 amide bonds. The molecule has 2 rings (SSSR count). The van der Waals surface area contributed by atoms with Gasteiger partial charge in [0.2, 0.25) is 0 Å². The summed E-state index contributed by atoms with van der Waals surface area (Å²) in [4.78, 5) is 23.8. The van der Waals surface area contributed by atoms with Crippen molar-refractivity contribution in [2.75, 3.05) is 18.5 Å². The van der Waals surface area contributed by atoms with Crippen LogP contribution < -0.4 is 15.4 Å². The van der Waals surface area contributed by atoms with Crippen LogP contribution in [0.3, 0.4) is 0 Å². The summed E-state index contributed by atoms with van der Waals surface area (Å²) in [7, 11) is 0. The first-order valence-electron chi connectivity index (χ1n) is 7.05. The van der Waals surface area contributed by atoms with Crippen LogP contribution in [0.5, 0.6) is 5.75 Å². The Balaban J connectivity index is 2.07. The number of ether oxygens (including phenoxy) is 1. The number of para-hydroxylation sites is 2. The summed E-state index contributed by atoms with van der Waals surface area (Å²) < 4.78 is 5.44. The molecule has 0 aromatic heterocycles. The van der Waals surface area contributed by atoms with Crippen LogP contribution in [0.25, 0.3) is 0 Å². The molecule has 2 aromatic rings. The van der Waals surface area contributed by atoms with Crippen LogP contribution in [-0.2, 0) is 4.79 Å². The van der Waals surface area contributed by atoms with Gasteiger partial charge in [0.25, 0.3) is 11.8 Å². The number of carbonyl (C=O) groups is 2. The van der Waals surface area contributed by atoms with Crippen LogP contribution in [0.2, 0.25) is 0 Å². The lowest BCUT2D eigenvalue weighted by Gasteiger charge is -2.11. The van der Waals surface area contributed by atoms with Crippen LogP contribution in [0.15, 0.2) is 54.6 Å². The van der Waals surface area contributed by atoms with Crippen molar-refractivity contribution in [3.05, 3.63) is 60.2 Å². The highest BCUT2D eigenvalue weighted by Gasteiger charge is 2.13. The number of hydrogen-bond donors (Lipinski definition) is 2. The molecule has 5 nitrogen and oxygen atoms in total. The lowest BCUT2D eigenvalue weighted by atomic mass is 10.2. The van der Waals surface area contributed by atoms with Crippen LogP contribution in [0, 0.1) is 0 Å². The summed E-state index contributed by atoms with van der Waals surface area (Å²) >= 11 is 0. The van der Waals surface area contributed by atoms with Gasteiger partial charge in [-0.1, -0.05) is 30.3 Å². The van der Waals surface area contributed by atoms with Crippen molar-refractivity contribution in [3.63, 3.8) is 0 Å². The zero-order valence-electron chi connectivity index (χ0n) is 12.3. The molecule has 5 heteroatoms. The Morgan fingerprint density at radius 1 is 1.00 bits per heavy atom. The van der Waals surface area contributed by atoms with Gasteiger partial charge in [0.05, 0.1) is 5.56 Å². The molecule has 0 aliphatic carbocycles. The van der Waals surface area contributed by atoms with E-state index in [4.69, 9.17) is 4.74 Å². The number of rotatable bonds is 6. The highest BCUT2D eigenvalue weighted by Crippen LogP contribution is 2.19. The Morgan fingerprint density at radius 3 is 2.41 bits per heavy atom. The van der Waals surface area contributed by atoms with Crippen molar-refractivity contribution in [2.24, 2.45) is 0 Å². The van der Waals surface area contributed by atoms with Crippen molar-refractivity contribution in [3.8, 4) is 5.75 Å². The molecule has 0 aliphatic heterocycles. The van der Waals surface area contributed by atoms with Gasteiger partial charge in [0, 0.05) is 12.2 Å². The zero-order valence-corrected chi connectivity index (χ0v) is 12.3. The Bertz CT molecular complexity index is 641. The summed E-state index contributed by atoms with van der Waals surface area (Å²) in [6, 6.07) is 16.0.